The molecule has 0 fully saturated rings. The summed E-state index contributed by atoms with van der Waals surface area (Å²) in [7, 11) is -4.14. The van der Waals surface area contributed by atoms with Crippen molar-refractivity contribution in [2.24, 2.45) is 5.14 Å². The van der Waals surface area contributed by atoms with Crippen LogP contribution in [0.15, 0.2) is 47.4 Å². The minimum atomic E-state index is -4.14. The molecule has 11 heteroatoms. The molecule has 0 unspecified atom stereocenters. The van der Waals surface area contributed by atoms with Gasteiger partial charge < -0.3 is 14.4 Å². The molecule has 164 valence electrons. The molecular weight excluding hydrogens is 446 g/mol. The lowest BCUT2D eigenvalue weighted by atomic mass is 10.2. The molecule has 0 aliphatic carbocycles. The molecule has 0 saturated heterocycles. The van der Waals surface area contributed by atoms with Crippen LogP contribution in [0, 0.1) is 11.3 Å². The second-order valence-corrected chi connectivity index (χ2v) is 8.08. The van der Waals surface area contributed by atoms with E-state index in [1.807, 2.05) is 13.0 Å². The molecule has 0 atom stereocenters. The van der Waals surface area contributed by atoms with Crippen LogP contribution in [-0.4, -0.2) is 40.1 Å². The summed E-state index contributed by atoms with van der Waals surface area (Å²) in [4.78, 5) is 25.8. The summed E-state index contributed by atoms with van der Waals surface area (Å²) in [6.07, 6.45) is 0.0712. The average Bonchev–Trinajstić information content (AvgIpc) is 2.73. The summed E-state index contributed by atoms with van der Waals surface area (Å²) in [6.45, 7) is 1.81. The topological polar surface area (TPSA) is 140 Å². The zero-order valence-corrected chi connectivity index (χ0v) is 18.1. The monoisotopic (exact) mass is 465 g/mol. The number of hydrogen-bond acceptors (Lipinski definition) is 7. The number of esters is 1. The molecule has 2 rings (SSSR count). The molecule has 0 saturated carbocycles. The van der Waals surface area contributed by atoms with E-state index in [1.54, 1.807) is 24.3 Å². The standard InChI is InChI=1S/C20H20ClN3O6S/c1-2-29-16-7-5-15(6-8-16)24(11-3-10-22)19(25)13-30-20(26)14-4-9-17(21)18(12-14)31(23,27)28/h4-9,12H,2-3,11,13H2,1H3,(H2,23,27,28). The number of ether oxygens (including phenoxy) is 2. The first kappa shape index (κ1) is 24.1. The molecule has 31 heavy (non-hydrogen) atoms. The average molecular weight is 466 g/mol. The van der Waals surface area contributed by atoms with Crippen LogP contribution in [0.5, 0.6) is 5.75 Å². The zero-order chi connectivity index (χ0) is 23.0. The SMILES string of the molecule is CCOc1ccc(N(CCC#N)C(=O)COC(=O)c2ccc(Cl)c(S(N)(=O)=O)c2)cc1. The quantitative estimate of drug-likeness (QED) is 0.561. The van der Waals surface area contributed by atoms with E-state index in [-0.39, 0.29) is 23.6 Å². The van der Waals surface area contributed by atoms with E-state index < -0.39 is 33.4 Å². The van der Waals surface area contributed by atoms with Gasteiger partial charge >= 0.3 is 5.97 Å². The van der Waals surface area contributed by atoms with Crippen LogP contribution in [-0.2, 0) is 19.6 Å². The Morgan fingerprint density at radius 1 is 1.19 bits per heavy atom. The first-order valence-electron chi connectivity index (χ1n) is 9.07. The van der Waals surface area contributed by atoms with E-state index in [4.69, 9.17) is 31.5 Å². The molecule has 0 heterocycles. The third-order valence-electron chi connectivity index (χ3n) is 4.01. The molecule has 0 radical (unpaired) electrons. The van der Waals surface area contributed by atoms with Crippen LogP contribution in [0.25, 0.3) is 0 Å². The molecule has 2 N–H and O–H groups in total. The van der Waals surface area contributed by atoms with Gasteiger partial charge in [0.15, 0.2) is 6.61 Å². The summed E-state index contributed by atoms with van der Waals surface area (Å²) in [5, 5.41) is 13.8. The van der Waals surface area contributed by atoms with Crippen LogP contribution in [0.4, 0.5) is 5.69 Å². The molecule has 0 aromatic heterocycles. The summed E-state index contributed by atoms with van der Waals surface area (Å²) in [5.74, 6) is -0.867. The number of sulfonamides is 1. The Morgan fingerprint density at radius 2 is 1.87 bits per heavy atom. The van der Waals surface area contributed by atoms with Crippen molar-refractivity contribution >= 4 is 39.2 Å². The maximum absolute atomic E-state index is 12.6. The number of hydrogen-bond donors (Lipinski definition) is 1. The van der Waals surface area contributed by atoms with Crippen LogP contribution < -0.4 is 14.8 Å². The lowest BCUT2D eigenvalue weighted by Gasteiger charge is -2.22. The largest absolute Gasteiger partial charge is 0.494 e. The Hall–Kier alpha value is -3.13. The molecule has 0 spiro atoms. The van der Waals surface area contributed by atoms with E-state index in [9.17, 15) is 18.0 Å². The summed E-state index contributed by atoms with van der Waals surface area (Å²) in [6, 6.07) is 12.1. The second-order valence-electron chi connectivity index (χ2n) is 6.15. The highest BCUT2D eigenvalue weighted by atomic mass is 35.5. The maximum atomic E-state index is 12.6. The van der Waals surface area contributed by atoms with Gasteiger partial charge in [-0.25, -0.2) is 18.4 Å². The van der Waals surface area contributed by atoms with E-state index in [0.717, 1.165) is 6.07 Å². The minimum Gasteiger partial charge on any atom is -0.494 e. The number of anilines is 1. The highest BCUT2D eigenvalue weighted by molar-refractivity contribution is 7.89. The van der Waals surface area contributed by atoms with Crippen molar-refractivity contribution in [1.82, 2.24) is 0 Å². The predicted octanol–water partition coefficient (Wildman–Crippen LogP) is 2.49. The normalized spacial score (nSPS) is 10.8. The number of halogens is 1. The number of carbonyl (C=O) groups excluding carboxylic acids is 2. The summed E-state index contributed by atoms with van der Waals surface area (Å²) >= 11 is 5.79. The molecule has 2 aromatic rings. The molecule has 0 aliphatic heterocycles. The van der Waals surface area contributed by atoms with Crippen LogP contribution in [0.3, 0.4) is 0 Å². The van der Waals surface area contributed by atoms with Gasteiger partial charge in [-0.2, -0.15) is 5.26 Å². The van der Waals surface area contributed by atoms with Gasteiger partial charge in [0, 0.05) is 12.2 Å². The lowest BCUT2D eigenvalue weighted by Crippen LogP contribution is -2.35. The van der Waals surface area contributed by atoms with Gasteiger partial charge in [0.25, 0.3) is 5.91 Å². The van der Waals surface area contributed by atoms with Crippen LogP contribution in [0.1, 0.15) is 23.7 Å². The highest BCUT2D eigenvalue weighted by Crippen LogP contribution is 2.23. The van der Waals surface area contributed by atoms with Crippen molar-refractivity contribution in [3.05, 3.63) is 53.1 Å². The first-order valence-corrected chi connectivity index (χ1v) is 11.0. The van der Waals surface area contributed by atoms with Gasteiger partial charge in [-0.15, -0.1) is 0 Å². The number of carbonyl (C=O) groups is 2. The van der Waals surface area contributed by atoms with E-state index >= 15 is 0 Å². The zero-order valence-electron chi connectivity index (χ0n) is 16.6. The van der Waals surface area contributed by atoms with Gasteiger partial charge in [0.2, 0.25) is 10.0 Å². The van der Waals surface area contributed by atoms with Crippen molar-refractivity contribution in [3.63, 3.8) is 0 Å². The Kier molecular flexibility index (Phi) is 8.38. The van der Waals surface area contributed by atoms with Crippen molar-refractivity contribution < 1.29 is 27.5 Å². The van der Waals surface area contributed by atoms with E-state index in [2.05, 4.69) is 0 Å². The van der Waals surface area contributed by atoms with Gasteiger partial charge in [-0.1, -0.05) is 11.6 Å². The Balaban J connectivity index is 2.13. The Morgan fingerprint density at radius 3 is 2.45 bits per heavy atom. The van der Waals surface area contributed by atoms with Gasteiger partial charge in [-0.3, -0.25) is 4.79 Å². The van der Waals surface area contributed by atoms with Crippen molar-refractivity contribution in [3.8, 4) is 11.8 Å². The van der Waals surface area contributed by atoms with Gasteiger partial charge in [-0.05, 0) is 49.4 Å². The summed E-state index contributed by atoms with van der Waals surface area (Å²) < 4.78 is 33.5. The predicted molar refractivity (Wildman–Crippen MR) is 113 cm³/mol. The highest BCUT2D eigenvalue weighted by Gasteiger charge is 2.20. The van der Waals surface area contributed by atoms with Crippen molar-refractivity contribution in [1.29, 1.82) is 5.26 Å². The second kappa shape index (κ2) is 10.8. The number of benzene rings is 2. The Bertz CT molecular complexity index is 1100. The number of nitrogens with two attached hydrogens (primary N) is 1. The Labute approximate surface area is 185 Å². The number of amides is 1. The fourth-order valence-electron chi connectivity index (χ4n) is 2.59. The van der Waals surface area contributed by atoms with Crippen LogP contribution in [0.2, 0.25) is 5.02 Å². The van der Waals surface area contributed by atoms with E-state index in [0.29, 0.717) is 18.0 Å². The molecule has 2 aromatic carbocycles. The smallest absolute Gasteiger partial charge is 0.338 e. The van der Waals surface area contributed by atoms with Crippen LogP contribution >= 0.6 is 11.6 Å². The number of nitriles is 1. The molecule has 1 amide bonds. The number of nitrogens with zero attached hydrogens (tertiary/aromatic N) is 2. The number of rotatable bonds is 9. The van der Waals surface area contributed by atoms with Crippen molar-refractivity contribution in [2.75, 3.05) is 24.7 Å². The van der Waals surface area contributed by atoms with E-state index in [1.165, 1.54) is 17.0 Å². The maximum Gasteiger partial charge on any atom is 0.338 e. The fourth-order valence-corrected chi connectivity index (χ4v) is 3.66. The number of primary sulfonamides is 1. The molecule has 9 nitrogen and oxygen atoms in total. The molecular formula is C20H20ClN3O6S. The lowest BCUT2D eigenvalue weighted by molar-refractivity contribution is -0.121. The molecule has 0 aliphatic rings. The van der Waals surface area contributed by atoms with Gasteiger partial charge in [0.05, 0.1) is 29.7 Å². The molecule has 0 bridgehead atoms. The first-order chi connectivity index (χ1) is 14.7. The summed E-state index contributed by atoms with van der Waals surface area (Å²) in [5.41, 5.74) is 0.369. The third-order valence-corrected chi connectivity index (χ3v) is 5.40. The third kappa shape index (κ3) is 6.68. The fraction of sp³-hybridized carbons (Fsp3) is 0.250. The van der Waals surface area contributed by atoms with Gasteiger partial charge in [0.1, 0.15) is 10.6 Å². The minimum absolute atomic E-state index is 0.0712. The van der Waals surface area contributed by atoms with Crippen molar-refractivity contribution in [2.45, 2.75) is 18.2 Å².